The first-order valence-corrected chi connectivity index (χ1v) is 7.39. The van der Waals surface area contributed by atoms with Gasteiger partial charge in [0.15, 0.2) is 0 Å². The highest BCUT2D eigenvalue weighted by molar-refractivity contribution is 14.1. The molecule has 1 atom stereocenters. The normalized spacial score (nSPS) is 12.4. The lowest BCUT2D eigenvalue weighted by Gasteiger charge is -2.17. The number of nitrogens with one attached hydrogen (secondary N) is 1. The monoisotopic (exact) mass is 417 g/mol. The third-order valence-corrected chi connectivity index (χ3v) is 4.14. The maximum Gasteiger partial charge on any atom is 0.0525 e. The fourth-order valence-corrected chi connectivity index (χ4v) is 2.75. The fourth-order valence-electron chi connectivity index (χ4n) is 1.75. The number of nitrogens with zero attached hydrogens (tertiary/aromatic N) is 1. The molecule has 0 fully saturated rings. The van der Waals surface area contributed by atoms with Crippen LogP contribution in [0.25, 0.3) is 0 Å². The molecular weight excluding hydrogens is 405 g/mol. The molecule has 0 bridgehead atoms. The summed E-state index contributed by atoms with van der Waals surface area (Å²) in [6.07, 6.45) is 2.57. The molecule has 2 rings (SSSR count). The van der Waals surface area contributed by atoms with Gasteiger partial charge in [-0.2, -0.15) is 0 Å². The highest BCUT2D eigenvalue weighted by Crippen LogP contribution is 2.22. The second-order valence-electron chi connectivity index (χ2n) is 3.91. The van der Waals surface area contributed by atoms with E-state index in [9.17, 15) is 0 Å². The maximum atomic E-state index is 5.66. The summed E-state index contributed by atoms with van der Waals surface area (Å²) in [6.45, 7) is 0. The molecule has 0 spiro atoms. The Kier molecular flexibility index (Phi) is 5.11. The molecule has 5 heteroatoms. The molecule has 0 saturated heterocycles. The molecule has 1 aromatic heterocycles. The minimum absolute atomic E-state index is 0.0757. The fraction of sp³-hybridized carbons (Fsp3) is 0.154. The SMILES string of the molecule is NNC(Cc1ccc(Br)cn1)c1ccccc1I. The molecule has 1 aromatic carbocycles. The zero-order valence-corrected chi connectivity index (χ0v) is 13.3. The van der Waals surface area contributed by atoms with Gasteiger partial charge in [-0.15, -0.1) is 0 Å². The number of nitrogens with two attached hydrogens (primary N) is 1. The molecule has 0 aliphatic heterocycles. The highest BCUT2D eigenvalue weighted by atomic mass is 127. The van der Waals surface area contributed by atoms with Crippen LogP contribution in [0.5, 0.6) is 0 Å². The standard InChI is InChI=1S/C13H13BrIN3/c14-9-5-6-10(17-8-9)7-13(18-16)11-3-1-2-4-12(11)15/h1-6,8,13,18H,7,16H2. The van der Waals surface area contributed by atoms with Crippen molar-refractivity contribution in [1.29, 1.82) is 0 Å². The molecule has 0 aliphatic carbocycles. The summed E-state index contributed by atoms with van der Waals surface area (Å²) in [4.78, 5) is 4.38. The Bertz CT molecular complexity index is 516. The zero-order chi connectivity index (χ0) is 13.0. The van der Waals surface area contributed by atoms with Crippen LogP contribution < -0.4 is 11.3 Å². The van der Waals surface area contributed by atoms with E-state index in [4.69, 9.17) is 5.84 Å². The smallest absolute Gasteiger partial charge is 0.0525 e. The van der Waals surface area contributed by atoms with Gasteiger partial charge in [0.2, 0.25) is 0 Å². The molecule has 18 heavy (non-hydrogen) atoms. The van der Waals surface area contributed by atoms with Gasteiger partial charge in [0.25, 0.3) is 0 Å². The summed E-state index contributed by atoms with van der Waals surface area (Å²) in [5, 5.41) is 0. The van der Waals surface area contributed by atoms with Crippen molar-refractivity contribution in [3.63, 3.8) is 0 Å². The number of hydrazine groups is 1. The number of halogens is 2. The summed E-state index contributed by atoms with van der Waals surface area (Å²) in [5.74, 6) is 5.66. The minimum Gasteiger partial charge on any atom is -0.271 e. The third kappa shape index (κ3) is 3.50. The molecule has 1 heterocycles. The summed E-state index contributed by atoms with van der Waals surface area (Å²) in [5.41, 5.74) is 5.08. The molecule has 0 radical (unpaired) electrons. The van der Waals surface area contributed by atoms with Gasteiger partial charge < -0.3 is 0 Å². The summed E-state index contributed by atoms with van der Waals surface area (Å²) in [6, 6.07) is 12.3. The number of rotatable bonds is 4. The van der Waals surface area contributed by atoms with Crippen LogP contribution in [-0.4, -0.2) is 4.98 Å². The number of hydrogen-bond acceptors (Lipinski definition) is 3. The lowest BCUT2D eigenvalue weighted by Crippen LogP contribution is -2.30. The molecule has 0 saturated carbocycles. The zero-order valence-electron chi connectivity index (χ0n) is 9.61. The minimum atomic E-state index is 0.0757. The van der Waals surface area contributed by atoms with E-state index < -0.39 is 0 Å². The van der Waals surface area contributed by atoms with E-state index in [2.05, 4.69) is 61.1 Å². The topological polar surface area (TPSA) is 50.9 Å². The number of aromatic nitrogens is 1. The van der Waals surface area contributed by atoms with Crippen molar-refractivity contribution in [2.24, 2.45) is 5.84 Å². The Morgan fingerprint density at radius 2 is 2.06 bits per heavy atom. The lowest BCUT2D eigenvalue weighted by molar-refractivity contribution is 0.544. The highest BCUT2D eigenvalue weighted by Gasteiger charge is 2.13. The molecule has 3 N–H and O–H groups in total. The van der Waals surface area contributed by atoms with E-state index in [1.54, 1.807) is 6.20 Å². The van der Waals surface area contributed by atoms with Crippen molar-refractivity contribution in [3.8, 4) is 0 Å². The molecule has 2 aromatic rings. The van der Waals surface area contributed by atoms with Gasteiger partial charge >= 0.3 is 0 Å². The Labute approximate surface area is 128 Å². The molecule has 0 aliphatic rings. The van der Waals surface area contributed by atoms with Crippen LogP contribution in [0, 0.1) is 3.57 Å². The van der Waals surface area contributed by atoms with Crippen molar-refractivity contribution >= 4 is 38.5 Å². The van der Waals surface area contributed by atoms with E-state index in [-0.39, 0.29) is 6.04 Å². The first-order valence-electron chi connectivity index (χ1n) is 5.51. The van der Waals surface area contributed by atoms with E-state index in [0.717, 1.165) is 16.6 Å². The summed E-state index contributed by atoms with van der Waals surface area (Å²) < 4.78 is 2.19. The van der Waals surface area contributed by atoms with Crippen molar-refractivity contribution in [2.45, 2.75) is 12.5 Å². The quantitative estimate of drug-likeness (QED) is 0.456. The molecular formula is C13H13BrIN3. The molecule has 0 amide bonds. The Morgan fingerprint density at radius 3 is 2.67 bits per heavy atom. The Balaban J connectivity index is 2.20. The predicted octanol–water partition coefficient (Wildman–Crippen LogP) is 3.20. The van der Waals surface area contributed by atoms with E-state index in [1.807, 2.05) is 24.3 Å². The van der Waals surface area contributed by atoms with Crippen molar-refractivity contribution in [2.75, 3.05) is 0 Å². The molecule has 3 nitrogen and oxygen atoms in total. The van der Waals surface area contributed by atoms with Gasteiger partial charge in [0.1, 0.15) is 0 Å². The van der Waals surface area contributed by atoms with Gasteiger partial charge in [-0.05, 0) is 62.3 Å². The van der Waals surface area contributed by atoms with E-state index in [1.165, 1.54) is 9.13 Å². The van der Waals surface area contributed by atoms with Crippen molar-refractivity contribution < 1.29 is 0 Å². The van der Waals surface area contributed by atoms with Gasteiger partial charge in [0, 0.05) is 26.4 Å². The second kappa shape index (κ2) is 6.60. The average Bonchev–Trinajstić information content (AvgIpc) is 2.39. The van der Waals surface area contributed by atoms with Crippen molar-refractivity contribution in [1.82, 2.24) is 10.4 Å². The van der Waals surface area contributed by atoms with E-state index in [0.29, 0.717) is 0 Å². The van der Waals surface area contributed by atoms with Gasteiger partial charge in [-0.1, -0.05) is 18.2 Å². The summed E-state index contributed by atoms with van der Waals surface area (Å²) in [7, 11) is 0. The van der Waals surface area contributed by atoms with Crippen LogP contribution >= 0.6 is 38.5 Å². The molecule has 94 valence electrons. The number of benzene rings is 1. The van der Waals surface area contributed by atoms with Crippen LogP contribution in [0.15, 0.2) is 47.1 Å². The van der Waals surface area contributed by atoms with Crippen LogP contribution in [0.2, 0.25) is 0 Å². The van der Waals surface area contributed by atoms with Crippen molar-refractivity contribution in [3.05, 3.63) is 61.9 Å². The maximum absolute atomic E-state index is 5.66. The van der Waals surface area contributed by atoms with Gasteiger partial charge in [0.05, 0.1) is 6.04 Å². The van der Waals surface area contributed by atoms with Crippen LogP contribution in [0.1, 0.15) is 17.3 Å². The average molecular weight is 418 g/mol. The van der Waals surface area contributed by atoms with Gasteiger partial charge in [-0.3, -0.25) is 16.3 Å². The predicted molar refractivity (Wildman–Crippen MR) is 84.9 cm³/mol. The third-order valence-electron chi connectivity index (χ3n) is 2.68. The first-order chi connectivity index (χ1) is 8.70. The van der Waals surface area contributed by atoms with Crippen LogP contribution in [-0.2, 0) is 6.42 Å². The van der Waals surface area contributed by atoms with Gasteiger partial charge in [-0.25, -0.2) is 0 Å². The largest absolute Gasteiger partial charge is 0.271 e. The van der Waals surface area contributed by atoms with Crippen LogP contribution in [0.3, 0.4) is 0 Å². The first kappa shape index (κ1) is 13.9. The number of hydrogen-bond donors (Lipinski definition) is 2. The van der Waals surface area contributed by atoms with E-state index >= 15 is 0 Å². The lowest BCUT2D eigenvalue weighted by atomic mass is 10.0. The Hall–Kier alpha value is -0.500. The van der Waals surface area contributed by atoms with Crippen LogP contribution in [0.4, 0.5) is 0 Å². The second-order valence-corrected chi connectivity index (χ2v) is 5.99. The number of pyridine rings is 1. The Morgan fingerprint density at radius 1 is 1.28 bits per heavy atom. The summed E-state index contributed by atoms with van der Waals surface area (Å²) >= 11 is 5.70. The molecule has 1 unspecified atom stereocenters.